The predicted molar refractivity (Wildman–Crippen MR) is 82.6 cm³/mol. The molecule has 0 radical (unpaired) electrons. The zero-order valence-electron chi connectivity index (χ0n) is 12.6. The van der Waals surface area contributed by atoms with Gasteiger partial charge in [0.1, 0.15) is 0 Å². The highest BCUT2D eigenvalue weighted by molar-refractivity contribution is 5.24. The largest absolute Gasteiger partial charge is 0.472 e. The van der Waals surface area contributed by atoms with E-state index in [1.807, 2.05) is 19.4 Å². The highest BCUT2D eigenvalue weighted by Crippen LogP contribution is 2.17. The molecule has 108 valence electrons. The maximum atomic E-state index is 5.10. The number of aryl methyl sites for hydroxylation is 1. The first-order valence-corrected chi connectivity index (χ1v) is 7.12. The van der Waals surface area contributed by atoms with Crippen molar-refractivity contribution >= 4 is 0 Å². The van der Waals surface area contributed by atoms with Gasteiger partial charge in [0.05, 0.1) is 12.5 Å². The number of hydrogen-bond acceptors (Lipinski definition) is 3. The molecule has 1 unspecified atom stereocenters. The van der Waals surface area contributed by atoms with E-state index in [0.29, 0.717) is 6.04 Å². The zero-order valence-corrected chi connectivity index (χ0v) is 12.6. The van der Waals surface area contributed by atoms with Gasteiger partial charge in [-0.25, -0.2) is 0 Å². The summed E-state index contributed by atoms with van der Waals surface area (Å²) in [5.74, 6) is 0. The molecule has 20 heavy (non-hydrogen) atoms. The maximum Gasteiger partial charge on any atom is 0.0947 e. The average Bonchev–Trinajstić information content (AvgIpc) is 2.94. The summed E-state index contributed by atoms with van der Waals surface area (Å²) in [6, 6.07) is 11.2. The molecule has 1 heterocycles. The fraction of sp³-hybridized carbons (Fsp3) is 0.412. The second-order valence-corrected chi connectivity index (χ2v) is 5.41. The first-order chi connectivity index (χ1) is 9.69. The van der Waals surface area contributed by atoms with Crippen molar-refractivity contribution in [2.75, 3.05) is 20.6 Å². The van der Waals surface area contributed by atoms with Crippen LogP contribution in [0, 0.1) is 6.92 Å². The molecule has 1 aromatic heterocycles. The third kappa shape index (κ3) is 4.22. The first-order valence-electron chi connectivity index (χ1n) is 7.12. The predicted octanol–water partition coefficient (Wildman–Crippen LogP) is 3.37. The van der Waals surface area contributed by atoms with Gasteiger partial charge in [0.15, 0.2) is 0 Å². The van der Waals surface area contributed by atoms with Gasteiger partial charge in [-0.15, -0.1) is 0 Å². The Hall–Kier alpha value is -1.58. The quantitative estimate of drug-likeness (QED) is 0.837. The lowest BCUT2D eigenvalue weighted by atomic mass is 10.0. The summed E-state index contributed by atoms with van der Waals surface area (Å²) in [6.45, 7) is 4.10. The SMILES string of the molecule is CNC(CCN(C)Cc1ccoc1)c1ccc(C)cc1. The Morgan fingerprint density at radius 3 is 2.55 bits per heavy atom. The highest BCUT2D eigenvalue weighted by atomic mass is 16.3. The van der Waals surface area contributed by atoms with E-state index in [4.69, 9.17) is 4.42 Å². The van der Waals surface area contributed by atoms with Crippen LogP contribution in [-0.4, -0.2) is 25.5 Å². The van der Waals surface area contributed by atoms with Crippen molar-refractivity contribution in [2.45, 2.75) is 25.9 Å². The van der Waals surface area contributed by atoms with Crippen LogP contribution in [0.1, 0.15) is 29.2 Å². The molecule has 0 saturated carbocycles. The number of rotatable bonds is 7. The van der Waals surface area contributed by atoms with Crippen molar-refractivity contribution in [3.8, 4) is 0 Å². The van der Waals surface area contributed by atoms with Crippen molar-refractivity contribution in [1.82, 2.24) is 10.2 Å². The Bertz CT molecular complexity index is 490. The first kappa shape index (κ1) is 14.8. The van der Waals surface area contributed by atoms with Gasteiger partial charge in [-0.3, -0.25) is 0 Å². The summed E-state index contributed by atoms with van der Waals surface area (Å²) in [7, 11) is 4.18. The summed E-state index contributed by atoms with van der Waals surface area (Å²) in [4.78, 5) is 2.32. The third-order valence-electron chi connectivity index (χ3n) is 3.66. The van der Waals surface area contributed by atoms with Crippen LogP contribution in [0.15, 0.2) is 47.3 Å². The lowest BCUT2D eigenvalue weighted by molar-refractivity contribution is 0.303. The second kappa shape index (κ2) is 7.27. The Morgan fingerprint density at radius 1 is 1.20 bits per heavy atom. The molecule has 2 rings (SSSR count). The standard InChI is InChI=1S/C17H24N2O/c1-14-4-6-16(7-5-14)17(18-2)8-10-19(3)12-15-9-11-20-13-15/h4-7,9,11,13,17-18H,8,10,12H2,1-3H3. The van der Waals surface area contributed by atoms with Crippen molar-refractivity contribution in [3.63, 3.8) is 0 Å². The molecular weight excluding hydrogens is 248 g/mol. The van der Waals surface area contributed by atoms with Crippen LogP contribution in [0.2, 0.25) is 0 Å². The van der Waals surface area contributed by atoms with E-state index in [1.165, 1.54) is 16.7 Å². The van der Waals surface area contributed by atoms with E-state index >= 15 is 0 Å². The second-order valence-electron chi connectivity index (χ2n) is 5.41. The number of benzene rings is 1. The molecule has 0 aliphatic rings. The lowest BCUT2D eigenvalue weighted by Gasteiger charge is -2.21. The average molecular weight is 272 g/mol. The molecule has 0 aliphatic carbocycles. The molecule has 1 atom stereocenters. The van der Waals surface area contributed by atoms with Crippen molar-refractivity contribution in [3.05, 3.63) is 59.5 Å². The van der Waals surface area contributed by atoms with Crippen LogP contribution < -0.4 is 5.32 Å². The third-order valence-corrected chi connectivity index (χ3v) is 3.66. The van der Waals surface area contributed by atoms with E-state index in [-0.39, 0.29) is 0 Å². The van der Waals surface area contributed by atoms with E-state index in [0.717, 1.165) is 19.5 Å². The van der Waals surface area contributed by atoms with Crippen LogP contribution in [0.5, 0.6) is 0 Å². The topological polar surface area (TPSA) is 28.4 Å². The molecule has 0 bridgehead atoms. The summed E-state index contributed by atoms with van der Waals surface area (Å²) in [6.07, 6.45) is 4.63. The van der Waals surface area contributed by atoms with E-state index in [9.17, 15) is 0 Å². The molecule has 3 nitrogen and oxygen atoms in total. The molecule has 0 spiro atoms. The van der Waals surface area contributed by atoms with Crippen LogP contribution in [0.3, 0.4) is 0 Å². The fourth-order valence-electron chi connectivity index (χ4n) is 2.40. The van der Waals surface area contributed by atoms with E-state index in [1.54, 1.807) is 6.26 Å². The lowest BCUT2D eigenvalue weighted by Crippen LogP contribution is -2.25. The maximum absolute atomic E-state index is 5.10. The normalized spacial score (nSPS) is 12.8. The molecule has 0 aliphatic heterocycles. The van der Waals surface area contributed by atoms with Crippen molar-refractivity contribution in [2.24, 2.45) is 0 Å². The van der Waals surface area contributed by atoms with E-state index in [2.05, 4.69) is 48.5 Å². The molecule has 3 heteroatoms. The van der Waals surface area contributed by atoms with Gasteiger partial charge in [0.25, 0.3) is 0 Å². The molecular formula is C17H24N2O. The Balaban J connectivity index is 1.85. The molecule has 0 fully saturated rings. The fourth-order valence-corrected chi connectivity index (χ4v) is 2.40. The number of nitrogens with zero attached hydrogens (tertiary/aromatic N) is 1. The molecule has 1 aromatic carbocycles. The Kier molecular flexibility index (Phi) is 5.39. The molecule has 0 amide bonds. The van der Waals surface area contributed by atoms with Gasteiger partial charge in [0, 0.05) is 18.2 Å². The molecule has 2 aromatic rings. The van der Waals surface area contributed by atoms with Crippen LogP contribution in [0.4, 0.5) is 0 Å². The van der Waals surface area contributed by atoms with Crippen LogP contribution in [0.25, 0.3) is 0 Å². The Morgan fingerprint density at radius 2 is 1.95 bits per heavy atom. The minimum atomic E-state index is 0.405. The number of nitrogens with one attached hydrogen (secondary N) is 1. The highest BCUT2D eigenvalue weighted by Gasteiger charge is 2.10. The van der Waals surface area contributed by atoms with E-state index < -0.39 is 0 Å². The van der Waals surface area contributed by atoms with Crippen molar-refractivity contribution < 1.29 is 4.42 Å². The summed E-state index contributed by atoms with van der Waals surface area (Å²) in [5, 5.41) is 3.41. The minimum absolute atomic E-state index is 0.405. The monoisotopic (exact) mass is 272 g/mol. The van der Waals surface area contributed by atoms with Gasteiger partial charge in [0.2, 0.25) is 0 Å². The van der Waals surface area contributed by atoms with Crippen LogP contribution >= 0.6 is 0 Å². The number of hydrogen-bond donors (Lipinski definition) is 1. The van der Waals surface area contributed by atoms with Gasteiger partial charge in [-0.05, 0) is 45.6 Å². The smallest absolute Gasteiger partial charge is 0.0947 e. The summed E-state index contributed by atoms with van der Waals surface area (Å²) < 4.78 is 5.10. The summed E-state index contributed by atoms with van der Waals surface area (Å²) in [5.41, 5.74) is 3.89. The van der Waals surface area contributed by atoms with Gasteiger partial charge in [-0.1, -0.05) is 29.8 Å². The Labute approximate surface area is 121 Å². The van der Waals surface area contributed by atoms with Gasteiger partial charge < -0.3 is 14.6 Å². The molecule has 0 saturated heterocycles. The van der Waals surface area contributed by atoms with Gasteiger partial charge >= 0.3 is 0 Å². The van der Waals surface area contributed by atoms with Crippen LogP contribution in [-0.2, 0) is 6.54 Å². The van der Waals surface area contributed by atoms with Gasteiger partial charge in [-0.2, -0.15) is 0 Å². The zero-order chi connectivity index (χ0) is 14.4. The van der Waals surface area contributed by atoms with Crippen molar-refractivity contribution in [1.29, 1.82) is 0 Å². The minimum Gasteiger partial charge on any atom is -0.472 e. The summed E-state index contributed by atoms with van der Waals surface area (Å²) >= 11 is 0. The molecule has 1 N–H and O–H groups in total. The number of furan rings is 1.